The van der Waals surface area contributed by atoms with Crippen LogP contribution in [-0.4, -0.2) is 29.7 Å². The number of hydrogen-bond acceptors (Lipinski definition) is 4. The van der Waals surface area contributed by atoms with E-state index in [0.717, 1.165) is 30.3 Å². The molecular formula is C18H17F2N3O3. The van der Waals surface area contributed by atoms with Crippen molar-refractivity contribution in [2.45, 2.75) is 6.54 Å². The van der Waals surface area contributed by atoms with Crippen LogP contribution in [0.4, 0.5) is 8.78 Å². The molecule has 1 N–H and O–H groups in total. The standard InChI is InChI=1S/C18H17F2N3O3/c1-23-9-22-14-4-5-15(25-2)11(16(14)23)8-21-18(24)10-6-12(19)17(26-3)13(20)7-10/h4-7,9H,8H2,1-3H3,(H,21,24). The van der Waals surface area contributed by atoms with Crippen molar-refractivity contribution in [2.24, 2.45) is 7.05 Å². The monoisotopic (exact) mass is 361 g/mol. The van der Waals surface area contributed by atoms with Gasteiger partial charge in [-0.05, 0) is 24.3 Å². The lowest BCUT2D eigenvalue weighted by molar-refractivity contribution is 0.0949. The summed E-state index contributed by atoms with van der Waals surface area (Å²) in [4.78, 5) is 16.6. The molecule has 0 atom stereocenters. The number of amides is 1. The molecule has 1 amide bonds. The second kappa shape index (κ2) is 6.99. The van der Waals surface area contributed by atoms with Crippen molar-refractivity contribution in [2.75, 3.05) is 14.2 Å². The van der Waals surface area contributed by atoms with E-state index < -0.39 is 23.3 Å². The molecule has 8 heteroatoms. The molecule has 0 bridgehead atoms. The van der Waals surface area contributed by atoms with E-state index >= 15 is 0 Å². The topological polar surface area (TPSA) is 65.4 Å². The average molecular weight is 361 g/mol. The lowest BCUT2D eigenvalue weighted by Crippen LogP contribution is -2.24. The molecule has 2 aromatic carbocycles. The van der Waals surface area contributed by atoms with Gasteiger partial charge in [-0.2, -0.15) is 0 Å². The molecule has 1 aromatic heterocycles. The molecule has 0 aliphatic heterocycles. The highest BCUT2D eigenvalue weighted by atomic mass is 19.1. The van der Waals surface area contributed by atoms with E-state index in [0.29, 0.717) is 11.3 Å². The summed E-state index contributed by atoms with van der Waals surface area (Å²) in [6.07, 6.45) is 1.66. The van der Waals surface area contributed by atoms with Crippen LogP contribution in [0.5, 0.6) is 11.5 Å². The fourth-order valence-electron chi connectivity index (χ4n) is 2.83. The highest BCUT2D eigenvalue weighted by Crippen LogP contribution is 2.27. The first-order valence-corrected chi connectivity index (χ1v) is 7.74. The van der Waals surface area contributed by atoms with Gasteiger partial charge >= 0.3 is 0 Å². The predicted molar refractivity (Wildman–Crippen MR) is 91.3 cm³/mol. The maximum atomic E-state index is 13.8. The molecule has 0 aliphatic rings. The first-order chi connectivity index (χ1) is 12.5. The molecule has 0 aliphatic carbocycles. The quantitative estimate of drug-likeness (QED) is 0.759. The summed E-state index contributed by atoms with van der Waals surface area (Å²) in [5.74, 6) is -2.45. The number of imidazole rings is 1. The minimum absolute atomic E-state index is 0.105. The van der Waals surface area contributed by atoms with Crippen molar-refractivity contribution >= 4 is 16.9 Å². The Kier molecular flexibility index (Phi) is 4.75. The van der Waals surface area contributed by atoms with Gasteiger partial charge in [0.05, 0.1) is 31.6 Å². The van der Waals surface area contributed by atoms with Crippen LogP contribution < -0.4 is 14.8 Å². The molecule has 3 aromatic rings. The van der Waals surface area contributed by atoms with Crippen LogP contribution in [0, 0.1) is 11.6 Å². The normalized spacial score (nSPS) is 10.8. The summed E-state index contributed by atoms with van der Waals surface area (Å²) < 4.78 is 39.4. The first kappa shape index (κ1) is 17.7. The van der Waals surface area contributed by atoms with E-state index in [1.165, 1.54) is 7.11 Å². The van der Waals surface area contributed by atoms with Crippen molar-refractivity contribution in [1.82, 2.24) is 14.9 Å². The Hall–Kier alpha value is -3.16. The van der Waals surface area contributed by atoms with Gasteiger partial charge in [0.1, 0.15) is 5.75 Å². The number of nitrogens with zero attached hydrogens (tertiary/aromatic N) is 2. The summed E-state index contributed by atoms with van der Waals surface area (Å²) >= 11 is 0. The lowest BCUT2D eigenvalue weighted by atomic mass is 10.1. The highest BCUT2D eigenvalue weighted by molar-refractivity contribution is 5.94. The maximum Gasteiger partial charge on any atom is 0.251 e. The Bertz CT molecular complexity index is 962. The third-order valence-electron chi connectivity index (χ3n) is 4.05. The molecule has 136 valence electrons. The summed E-state index contributed by atoms with van der Waals surface area (Å²) in [6.45, 7) is 0.105. The predicted octanol–water partition coefficient (Wildman–Crippen LogP) is 2.80. The van der Waals surface area contributed by atoms with Gasteiger partial charge in [-0.15, -0.1) is 0 Å². The first-order valence-electron chi connectivity index (χ1n) is 7.74. The van der Waals surface area contributed by atoms with Crippen molar-refractivity contribution in [3.05, 3.63) is 53.4 Å². The smallest absolute Gasteiger partial charge is 0.251 e. The zero-order chi connectivity index (χ0) is 18.8. The fourth-order valence-corrected chi connectivity index (χ4v) is 2.83. The Balaban J connectivity index is 1.89. The Labute approximate surface area is 148 Å². The van der Waals surface area contributed by atoms with Gasteiger partial charge in [0.15, 0.2) is 17.4 Å². The number of rotatable bonds is 5. The molecule has 3 rings (SSSR count). The summed E-state index contributed by atoms with van der Waals surface area (Å²) in [5, 5.41) is 2.66. The number of aromatic nitrogens is 2. The van der Waals surface area contributed by atoms with E-state index in [4.69, 9.17) is 4.74 Å². The number of nitrogens with one attached hydrogen (secondary N) is 1. The Morgan fingerprint density at radius 1 is 1.19 bits per heavy atom. The summed E-state index contributed by atoms with van der Waals surface area (Å²) in [5.41, 5.74) is 2.13. The van der Waals surface area contributed by atoms with Gasteiger partial charge in [-0.25, -0.2) is 13.8 Å². The number of carbonyl (C=O) groups is 1. The third-order valence-corrected chi connectivity index (χ3v) is 4.05. The molecule has 26 heavy (non-hydrogen) atoms. The highest BCUT2D eigenvalue weighted by Gasteiger charge is 2.17. The molecule has 1 heterocycles. The van der Waals surface area contributed by atoms with Gasteiger partial charge in [-0.3, -0.25) is 4.79 Å². The Morgan fingerprint density at radius 2 is 1.88 bits per heavy atom. The molecule has 0 saturated heterocycles. The number of carbonyl (C=O) groups excluding carboxylic acids is 1. The molecule has 0 unspecified atom stereocenters. The second-order valence-electron chi connectivity index (χ2n) is 5.63. The minimum atomic E-state index is -0.941. The zero-order valence-electron chi connectivity index (χ0n) is 14.5. The maximum absolute atomic E-state index is 13.8. The van der Waals surface area contributed by atoms with E-state index in [2.05, 4.69) is 15.0 Å². The van der Waals surface area contributed by atoms with Gasteiger partial charge < -0.3 is 19.4 Å². The van der Waals surface area contributed by atoms with Crippen LogP contribution in [0.3, 0.4) is 0 Å². The molecule has 6 nitrogen and oxygen atoms in total. The van der Waals surface area contributed by atoms with E-state index in [1.54, 1.807) is 12.4 Å². The second-order valence-corrected chi connectivity index (χ2v) is 5.63. The minimum Gasteiger partial charge on any atom is -0.496 e. The number of hydrogen-bond donors (Lipinski definition) is 1. The van der Waals surface area contributed by atoms with Crippen molar-refractivity contribution < 1.29 is 23.0 Å². The van der Waals surface area contributed by atoms with Gasteiger partial charge in [0.25, 0.3) is 5.91 Å². The van der Waals surface area contributed by atoms with Crippen LogP contribution in [0.2, 0.25) is 0 Å². The number of aryl methyl sites for hydroxylation is 1. The Morgan fingerprint density at radius 3 is 2.50 bits per heavy atom. The van der Waals surface area contributed by atoms with E-state index in [1.807, 2.05) is 17.7 Å². The summed E-state index contributed by atoms with van der Waals surface area (Å²) in [6, 6.07) is 5.43. The third kappa shape index (κ3) is 3.05. The van der Waals surface area contributed by atoms with Crippen LogP contribution in [0.1, 0.15) is 15.9 Å². The van der Waals surface area contributed by atoms with Gasteiger partial charge in [0.2, 0.25) is 0 Å². The van der Waals surface area contributed by atoms with Crippen molar-refractivity contribution in [1.29, 1.82) is 0 Å². The SMILES string of the molecule is COc1ccc2ncn(C)c2c1CNC(=O)c1cc(F)c(OC)c(F)c1. The summed E-state index contributed by atoms with van der Waals surface area (Å²) in [7, 11) is 4.51. The van der Waals surface area contributed by atoms with Gasteiger partial charge in [-0.1, -0.05) is 0 Å². The molecule has 0 spiro atoms. The largest absolute Gasteiger partial charge is 0.496 e. The van der Waals surface area contributed by atoms with Gasteiger partial charge in [0, 0.05) is 24.7 Å². The number of benzene rings is 2. The van der Waals surface area contributed by atoms with Crippen LogP contribution in [0.25, 0.3) is 11.0 Å². The zero-order valence-corrected chi connectivity index (χ0v) is 14.5. The number of ether oxygens (including phenoxy) is 2. The van der Waals surface area contributed by atoms with E-state index in [-0.39, 0.29) is 12.1 Å². The number of methoxy groups -OCH3 is 2. The molecule has 0 saturated carbocycles. The lowest BCUT2D eigenvalue weighted by Gasteiger charge is -2.13. The van der Waals surface area contributed by atoms with Crippen molar-refractivity contribution in [3.8, 4) is 11.5 Å². The molecular weight excluding hydrogens is 344 g/mol. The fraction of sp³-hybridized carbons (Fsp3) is 0.222. The van der Waals surface area contributed by atoms with Crippen LogP contribution in [-0.2, 0) is 13.6 Å². The van der Waals surface area contributed by atoms with Crippen LogP contribution in [0.15, 0.2) is 30.6 Å². The average Bonchev–Trinajstić information content (AvgIpc) is 3.00. The van der Waals surface area contributed by atoms with Crippen LogP contribution >= 0.6 is 0 Å². The number of halogens is 2. The van der Waals surface area contributed by atoms with E-state index in [9.17, 15) is 13.6 Å². The van der Waals surface area contributed by atoms with Crippen molar-refractivity contribution in [3.63, 3.8) is 0 Å². The number of fused-ring (bicyclic) bond motifs is 1. The molecule has 0 radical (unpaired) electrons. The molecule has 0 fully saturated rings.